The molecule has 1 saturated carbocycles. The summed E-state index contributed by atoms with van der Waals surface area (Å²) < 4.78 is 30.6. The maximum absolute atomic E-state index is 12.6. The quantitative estimate of drug-likeness (QED) is 0.741. The molecule has 5 nitrogen and oxygen atoms in total. The van der Waals surface area contributed by atoms with Crippen molar-refractivity contribution in [2.75, 3.05) is 26.2 Å². The Hall–Kier alpha value is -2.51. The summed E-state index contributed by atoms with van der Waals surface area (Å²) in [5.74, 6) is -1.20. The molecular weight excluding hydrogens is 390 g/mol. The van der Waals surface area contributed by atoms with Crippen LogP contribution in [0.15, 0.2) is 42.5 Å². The van der Waals surface area contributed by atoms with Gasteiger partial charge in [0.25, 0.3) is 0 Å². The normalized spacial score (nSPS) is 17.2. The molecule has 1 aliphatic heterocycles. The standard InChI is InChI=1S/C14H20N2O3.C9H8F2/c15-12-5-7-16(8-6-12)9-10-19-13-3-1-11(2-4-13)14(17)18;10-8-4-3-7(5-9(8)11)6-1-2-6/h1-4,12H,5-10,15H2,(H,17,18);3-6H,1-2H2. The van der Waals surface area contributed by atoms with Gasteiger partial charge >= 0.3 is 5.97 Å². The lowest BCUT2D eigenvalue weighted by atomic mass is 10.1. The number of rotatable bonds is 6. The molecule has 2 fully saturated rings. The van der Waals surface area contributed by atoms with Gasteiger partial charge in [-0.15, -0.1) is 0 Å². The van der Waals surface area contributed by atoms with E-state index in [1.165, 1.54) is 12.1 Å². The fourth-order valence-corrected chi connectivity index (χ4v) is 3.35. The first kappa shape index (κ1) is 22.2. The summed E-state index contributed by atoms with van der Waals surface area (Å²) >= 11 is 0. The number of ether oxygens (including phenoxy) is 1. The van der Waals surface area contributed by atoms with Crippen LogP contribution < -0.4 is 10.5 Å². The van der Waals surface area contributed by atoms with Crippen LogP contribution in [0.2, 0.25) is 0 Å². The third-order valence-electron chi connectivity index (χ3n) is 5.40. The number of hydrogen-bond acceptors (Lipinski definition) is 4. The van der Waals surface area contributed by atoms with Crippen molar-refractivity contribution in [3.8, 4) is 5.75 Å². The zero-order chi connectivity index (χ0) is 21.5. The molecule has 2 aliphatic rings. The highest BCUT2D eigenvalue weighted by Gasteiger charge is 2.24. The predicted octanol–water partition coefficient (Wildman–Crippen LogP) is 4.03. The summed E-state index contributed by atoms with van der Waals surface area (Å²) in [6.07, 6.45) is 4.33. The Morgan fingerprint density at radius 2 is 1.70 bits per heavy atom. The lowest BCUT2D eigenvalue weighted by molar-refractivity contribution is 0.0697. The number of halogens is 2. The zero-order valence-corrected chi connectivity index (χ0v) is 16.9. The fraction of sp³-hybridized carbons (Fsp3) is 0.435. The highest BCUT2D eigenvalue weighted by atomic mass is 19.2. The first-order valence-corrected chi connectivity index (χ1v) is 10.3. The summed E-state index contributed by atoms with van der Waals surface area (Å²) in [6, 6.07) is 11.0. The maximum atomic E-state index is 12.6. The number of likely N-dealkylation sites (tertiary alicyclic amines) is 1. The van der Waals surface area contributed by atoms with E-state index in [1.54, 1.807) is 30.3 Å². The Bertz CT molecular complexity index is 833. The molecule has 4 rings (SSSR count). The molecule has 2 aromatic rings. The molecule has 0 spiro atoms. The van der Waals surface area contributed by atoms with Crippen molar-refractivity contribution in [2.45, 2.75) is 37.6 Å². The number of benzene rings is 2. The van der Waals surface area contributed by atoms with Crippen LogP contribution in [0.1, 0.15) is 47.5 Å². The van der Waals surface area contributed by atoms with Gasteiger partial charge in [-0.25, -0.2) is 13.6 Å². The first-order valence-electron chi connectivity index (χ1n) is 10.3. The van der Waals surface area contributed by atoms with Gasteiger partial charge in [0.05, 0.1) is 5.56 Å². The molecule has 3 N–H and O–H groups in total. The molecule has 2 aromatic carbocycles. The van der Waals surface area contributed by atoms with Gasteiger partial charge in [-0.3, -0.25) is 4.90 Å². The van der Waals surface area contributed by atoms with Gasteiger partial charge < -0.3 is 15.6 Å². The van der Waals surface area contributed by atoms with E-state index in [4.69, 9.17) is 15.6 Å². The smallest absolute Gasteiger partial charge is 0.335 e. The Morgan fingerprint density at radius 1 is 1.03 bits per heavy atom. The van der Waals surface area contributed by atoms with Crippen molar-refractivity contribution >= 4 is 5.97 Å². The van der Waals surface area contributed by atoms with E-state index in [9.17, 15) is 13.6 Å². The van der Waals surface area contributed by atoms with Gasteiger partial charge in [0.2, 0.25) is 0 Å². The fourth-order valence-electron chi connectivity index (χ4n) is 3.35. The zero-order valence-electron chi connectivity index (χ0n) is 16.9. The summed E-state index contributed by atoms with van der Waals surface area (Å²) in [5.41, 5.74) is 7.06. The van der Waals surface area contributed by atoms with Gasteiger partial charge in [0, 0.05) is 12.6 Å². The molecule has 30 heavy (non-hydrogen) atoms. The Kier molecular flexibility index (Phi) is 7.76. The second-order valence-corrected chi connectivity index (χ2v) is 7.80. The second kappa shape index (κ2) is 10.5. The van der Waals surface area contributed by atoms with Crippen LogP contribution in [0.25, 0.3) is 0 Å². The number of nitrogens with zero attached hydrogens (tertiary/aromatic N) is 1. The first-order chi connectivity index (χ1) is 14.4. The third kappa shape index (κ3) is 6.78. The summed E-state index contributed by atoms with van der Waals surface area (Å²) in [4.78, 5) is 13.0. The van der Waals surface area contributed by atoms with Gasteiger partial charge in [-0.1, -0.05) is 6.07 Å². The van der Waals surface area contributed by atoms with E-state index in [0.717, 1.165) is 50.9 Å². The molecule has 0 atom stereocenters. The molecule has 1 heterocycles. The predicted molar refractivity (Wildman–Crippen MR) is 111 cm³/mol. The molecule has 0 amide bonds. The molecule has 1 saturated heterocycles. The molecule has 162 valence electrons. The number of carboxylic acid groups (broad SMARTS) is 1. The van der Waals surface area contributed by atoms with E-state index < -0.39 is 17.6 Å². The third-order valence-corrected chi connectivity index (χ3v) is 5.40. The van der Waals surface area contributed by atoms with Crippen molar-refractivity contribution in [3.05, 3.63) is 65.2 Å². The minimum Gasteiger partial charge on any atom is -0.492 e. The molecule has 0 bridgehead atoms. The van der Waals surface area contributed by atoms with Crippen molar-refractivity contribution in [3.63, 3.8) is 0 Å². The largest absolute Gasteiger partial charge is 0.492 e. The number of carbonyl (C=O) groups is 1. The van der Waals surface area contributed by atoms with Gasteiger partial charge in [-0.05, 0) is 86.7 Å². The van der Waals surface area contributed by atoms with Crippen LogP contribution in [0.4, 0.5) is 8.78 Å². The SMILES string of the molecule is Fc1ccc(C2CC2)cc1F.NC1CCN(CCOc2ccc(C(=O)O)cc2)CC1. The summed E-state index contributed by atoms with van der Waals surface area (Å²) in [7, 11) is 0. The van der Waals surface area contributed by atoms with Crippen molar-refractivity contribution in [2.24, 2.45) is 5.73 Å². The van der Waals surface area contributed by atoms with Crippen LogP contribution in [0.3, 0.4) is 0 Å². The molecule has 1 aliphatic carbocycles. The average Bonchev–Trinajstić information content (AvgIpc) is 3.58. The molecule has 0 aromatic heterocycles. The summed E-state index contributed by atoms with van der Waals surface area (Å²) in [5, 5.41) is 8.79. The van der Waals surface area contributed by atoms with Crippen LogP contribution in [0.5, 0.6) is 5.75 Å². The maximum Gasteiger partial charge on any atom is 0.335 e. The van der Waals surface area contributed by atoms with Crippen molar-refractivity contribution in [1.82, 2.24) is 4.90 Å². The van der Waals surface area contributed by atoms with Crippen molar-refractivity contribution < 1.29 is 23.4 Å². The Labute approximate surface area is 175 Å². The second-order valence-electron chi connectivity index (χ2n) is 7.80. The lowest BCUT2D eigenvalue weighted by Crippen LogP contribution is -2.41. The highest BCUT2D eigenvalue weighted by Crippen LogP contribution is 2.40. The lowest BCUT2D eigenvalue weighted by Gasteiger charge is -2.29. The number of aromatic carboxylic acids is 1. The van der Waals surface area contributed by atoms with Crippen molar-refractivity contribution in [1.29, 1.82) is 0 Å². The Morgan fingerprint density at radius 3 is 2.27 bits per heavy atom. The van der Waals surface area contributed by atoms with Gasteiger partial charge in [-0.2, -0.15) is 0 Å². The van der Waals surface area contributed by atoms with Crippen LogP contribution in [-0.2, 0) is 0 Å². The summed E-state index contributed by atoms with van der Waals surface area (Å²) in [6.45, 7) is 3.56. The Balaban J connectivity index is 0.000000196. The molecule has 7 heteroatoms. The van der Waals surface area contributed by atoms with E-state index in [-0.39, 0.29) is 5.56 Å². The van der Waals surface area contributed by atoms with E-state index >= 15 is 0 Å². The minimum atomic E-state index is -0.920. The monoisotopic (exact) mass is 418 g/mol. The topological polar surface area (TPSA) is 75.8 Å². The highest BCUT2D eigenvalue weighted by molar-refractivity contribution is 5.87. The van der Waals surface area contributed by atoms with Crippen LogP contribution in [-0.4, -0.2) is 48.3 Å². The molecule has 0 unspecified atom stereocenters. The van der Waals surface area contributed by atoms with E-state index in [1.807, 2.05) is 0 Å². The number of piperidine rings is 1. The molecular formula is C23H28F2N2O3. The number of hydrogen-bond donors (Lipinski definition) is 2. The number of carboxylic acids is 1. The average molecular weight is 418 g/mol. The van der Waals surface area contributed by atoms with Crippen LogP contribution >= 0.6 is 0 Å². The number of nitrogens with two attached hydrogens (primary N) is 1. The van der Waals surface area contributed by atoms with E-state index in [0.29, 0.717) is 24.3 Å². The molecule has 0 radical (unpaired) electrons. The van der Waals surface area contributed by atoms with E-state index in [2.05, 4.69) is 4.90 Å². The van der Waals surface area contributed by atoms with Gasteiger partial charge in [0.1, 0.15) is 12.4 Å². The van der Waals surface area contributed by atoms with Gasteiger partial charge in [0.15, 0.2) is 11.6 Å². The minimum absolute atomic E-state index is 0.275. The van der Waals surface area contributed by atoms with Crippen LogP contribution in [0, 0.1) is 11.6 Å².